The highest BCUT2D eigenvalue weighted by molar-refractivity contribution is 5.97. The van der Waals surface area contributed by atoms with Gasteiger partial charge in [-0.05, 0) is 42.9 Å². The third-order valence-corrected chi connectivity index (χ3v) is 6.20. The first kappa shape index (κ1) is 19.4. The molecule has 5 rings (SSSR count). The molecule has 2 aromatic carbocycles. The van der Waals surface area contributed by atoms with Crippen LogP contribution in [0.25, 0.3) is 5.69 Å². The van der Waals surface area contributed by atoms with E-state index in [-0.39, 0.29) is 23.2 Å². The van der Waals surface area contributed by atoms with E-state index in [0.717, 1.165) is 42.7 Å². The summed E-state index contributed by atoms with van der Waals surface area (Å²) in [5, 5.41) is 16.6. The molecule has 1 heterocycles. The second-order valence-corrected chi connectivity index (χ2v) is 8.02. The zero-order valence-corrected chi connectivity index (χ0v) is 16.4. The summed E-state index contributed by atoms with van der Waals surface area (Å²) in [6, 6.07) is 10.4. The third kappa shape index (κ3) is 3.19. The van der Waals surface area contributed by atoms with Crippen molar-refractivity contribution < 1.29 is 23.5 Å². The Hall–Kier alpha value is -3.55. The quantitative estimate of drug-likeness (QED) is 0.648. The van der Waals surface area contributed by atoms with Crippen LogP contribution < -0.4 is 5.32 Å². The van der Waals surface area contributed by atoms with Crippen LogP contribution in [0.4, 0.5) is 8.78 Å². The van der Waals surface area contributed by atoms with Crippen LogP contribution in [0.5, 0.6) is 0 Å². The number of carboxylic acid groups (broad SMARTS) is 1. The maximum Gasteiger partial charge on any atom is 0.330 e. The molecule has 3 atom stereocenters. The molecule has 31 heavy (non-hydrogen) atoms. The van der Waals surface area contributed by atoms with Gasteiger partial charge in [-0.25, -0.2) is 18.3 Å². The number of carbonyl (C=O) groups is 2. The van der Waals surface area contributed by atoms with Gasteiger partial charge in [-0.15, -0.1) is 0 Å². The number of nitrogens with zero attached hydrogens (tertiary/aromatic N) is 2. The van der Waals surface area contributed by atoms with Crippen LogP contribution in [0, 0.1) is 11.6 Å². The number of halogens is 2. The first-order valence-corrected chi connectivity index (χ1v) is 10.1. The Bertz CT molecular complexity index is 1190. The second kappa shape index (κ2) is 7.30. The molecule has 2 aliphatic rings. The molecule has 2 unspecified atom stereocenters. The van der Waals surface area contributed by atoms with E-state index < -0.39 is 29.6 Å². The second-order valence-electron chi connectivity index (χ2n) is 8.02. The van der Waals surface area contributed by atoms with Gasteiger partial charge in [0, 0.05) is 17.5 Å². The van der Waals surface area contributed by atoms with Crippen molar-refractivity contribution in [1.29, 1.82) is 0 Å². The van der Waals surface area contributed by atoms with Gasteiger partial charge in [0.1, 0.15) is 11.5 Å². The number of hydrogen-bond donors (Lipinski definition) is 2. The fourth-order valence-electron chi connectivity index (χ4n) is 4.87. The molecule has 2 bridgehead atoms. The fraction of sp³-hybridized carbons (Fsp3) is 0.261. The van der Waals surface area contributed by atoms with Crippen LogP contribution in [0.1, 0.15) is 64.4 Å². The van der Waals surface area contributed by atoms with Crippen LogP contribution in [0.15, 0.2) is 48.5 Å². The molecule has 6 nitrogen and oxygen atoms in total. The van der Waals surface area contributed by atoms with Gasteiger partial charge < -0.3 is 10.4 Å². The van der Waals surface area contributed by atoms with Gasteiger partial charge in [-0.2, -0.15) is 5.10 Å². The highest BCUT2D eigenvalue weighted by atomic mass is 19.1. The molecule has 1 amide bonds. The number of nitrogens with one attached hydrogen (secondary N) is 1. The Labute approximate surface area is 176 Å². The lowest BCUT2D eigenvalue weighted by molar-refractivity contribution is -0.139. The lowest BCUT2D eigenvalue weighted by Gasteiger charge is -2.16. The number of amides is 1. The molecular weight excluding hydrogens is 404 g/mol. The van der Waals surface area contributed by atoms with Crippen molar-refractivity contribution in [1.82, 2.24) is 15.1 Å². The minimum Gasteiger partial charge on any atom is -0.479 e. The molecule has 2 N–H and O–H groups in total. The SMILES string of the molecule is O=C(N[C@@H](C(=O)O)c1ccccc1)c1nn(-c2ccc(F)cc2F)c2c1C1CCC2C1. The number of carbonyl (C=O) groups excluding carboxylic acids is 1. The van der Waals surface area contributed by atoms with E-state index in [4.69, 9.17) is 0 Å². The van der Waals surface area contributed by atoms with Crippen LogP contribution in [0.2, 0.25) is 0 Å². The van der Waals surface area contributed by atoms with E-state index in [1.807, 2.05) is 0 Å². The average molecular weight is 423 g/mol. The monoisotopic (exact) mass is 423 g/mol. The summed E-state index contributed by atoms with van der Waals surface area (Å²) in [6.45, 7) is 0. The molecule has 0 radical (unpaired) electrons. The zero-order valence-electron chi connectivity index (χ0n) is 16.4. The van der Waals surface area contributed by atoms with Crippen molar-refractivity contribution in [3.05, 3.63) is 82.7 Å². The Kier molecular flexibility index (Phi) is 4.57. The van der Waals surface area contributed by atoms with E-state index in [1.165, 1.54) is 10.7 Å². The zero-order chi connectivity index (χ0) is 21.7. The highest BCUT2D eigenvalue weighted by Gasteiger charge is 2.44. The summed E-state index contributed by atoms with van der Waals surface area (Å²) in [6.07, 6.45) is 2.66. The van der Waals surface area contributed by atoms with Crippen LogP contribution >= 0.6 is 0 Å². The van der Waals surface area contributed by atoms with Crippen molar-refractivity contribution in [3.8, 4) is 5.69 Å². The van der Waals surface area contributed by atoms with Crippen LogP contribution in [-0.2, 0) is 4.79 Å². The van der Waals surface area contributed by atoms with Crippen molar-refractivity contribution in [2.45, 2.75) is 37.1 Å². The van der Waals surface area contributed by atoms with Gasteiger partial charge in [-0.1, -0.05) is 30.3 Å². The van der Waals surface area contributed by atoms with Crippen molar-refractivity contribution in [3.63, 3.8) is 0 Å². The summed E-state index contributed by atoms with van der Waals surface area (Å²) in [4.78, 5) is 25.0. The lowest BCUT2D eigenvalue weighted by atomic mass is 9.95. The standard InChI is InChI=1S/C23H19F2N3O3/c24-15-8-9-17(16(25)11-15)28-21-14-7-6-13(10-14)18(21)20(27-28)22(29)26-19(23(30)31)12-4-2-1-3-5-12/h1-5,8-9,11,13-14,19H,6-7,10H2,(H,26,29)(H,30,31)/t13?,14?,19-/m1/s1. The molecule has 2 aliphatic carbocycles. The molecule has 158 valence electrons. The van der Waals surface area contributed by atoms with Crippen molar-refractivity contribution in [2.24, 2.45) is 0 Å². The molecule has 8 heteroatoms. The first-order chi connectivity index (χ1) is 14.9. The molecule has 0 spiro atoms. The predicted octanol–water partition coefficient (Wildman–Crippen LogP) is 4.07. The maximum absolute atomic E-state index is 14.5. The van der Waals surface area contributed by atoms with Gasteiger partial charge in [0.2, 0.25) is 0 Å². The number of benzene rings is 2. The molecule has 3 aromatic rings. The Balaban J connectivity index is 1.56. The Morgan fingerprint density at radius 3 is 2.55 bits per heavy atom. The number of aliphatic carboxylic acids is 1. The largest absolute Gasteiger partial charge is 0.479 e. The molecule has 1 fully saturated rings. The average Bonchev–Trinajstić information content (AvgIpc) is 3.45. The molecule has 0 aliphatic heterocycles. The summed E-state index contributed by atoms with van der Waals surface area (Å²) < 4.78 is 29.3. The van der Waals surface area contributed by atoms with Gasteiger partial charge in [-0.3, -0.25) is 4.79 Å². The Morgan fingerprint density at radius 1 is 1.10 bits per heavy atom. The number of rotatable bonds is 5. The number of carboxylic acids is 1. The van der Waals surface area contributed by atoms with Crippen LogP contribution in [0.3, 0.4) is 0 Å². The van der Waals surface area contributed by atoms with E-state index in [0.29, 0.717) is 5.56 Å². The number of hydrogen-bond acceptors (Lipinski definition) is 3. The summed E-state index contributed by atoms with van der Waals surface area (Å²) >= 11 is 0. The summed E-state index contributed by atoms with van der Waals surface area (Å²) in [5.74, 6) is -3.02. The minimum absolute atomic E-state index is 0.0714. The normalized spacial score (nSPS) is 19.8. The first-order valence-electron chi connectivity index (χ1n) is 10.1. The van der Waals surface area contributed by atoms with E-state index in [1.54, 1.807) is 30.3 Å². The number of aromatic nitrogens is 2. The van der Waals surface area contributed by atoms with Crippen molar-refractivity contribution >= 4 is 11.9 Å². The summed E-state index contributed by atoms with van der Waals surface area (Å²) in [7, 11) is 0. The molecule has 1 saturated carbocycles. The third-order valence-electron chi connectivity index (χ3n) is 6.20. The predicted molar refractivity (Wildman–Crippen MR) is 107 cm³/mol. The van der Waals surface area contributed by atoms with Gasteiger partial charge >= 0.3 is 5.97 Å². The Morgan fingerprint density at radius 2 is 1.84 bits per heavy atom. The van der Waals surface area contributed by atoms with E-state index in [2.05, 4.69) is 10.4 Å². The van der Waals surface area contributed by atoms with Crippen molar-refractivity contribution in [2.75, 3.05) is 0 Å². The van der Waals surface area contributed by atoms with E-state index in [9.17, 15) is 23.5 Å². The number of fused-ring (bicyclic) bond motifs is 5. The molecule has 1 aromatic heterocycles. The molecule has 0 saturated heterocycles. The topological polar surface area (TPSA) is 84.2 Å². The highest BCUT2D eigenvalue weighted by Crippen LogP contribution is 2.54. The minimum atomic E-state index is -1.24. The summed E-state index contributed by atoms with van der Waals surface area (Å²) in [5.41, 5.74) is 2.12. The maximum atomic E-state index is 14.5. The van der Waals surface area contributed by atoms with Gasteiger partial charge in [0.25, 0.3) is 5.91 Å². The molecular formula is C23H19F2N3O3. The van der Waals surface area contributed by atoms with Crippen LogP contribution in [-0.4, -0.2) is 26.8 Å². The van der Waals surface area contributed by atoms with E-state index >= 15 is 0 Å². The van der Waals surface area contributed by atoms with Gasteiger partial charge in [0.15, 0.2) is 17.6 Å². The van der Waals surface area contributed by atoms with Gasteiger partial charge in [0.05, 0.1) is 5.69 Å². The lowest BCUT2D eigenvalue weighted by Crippen LogP contribution is -2.34. The fourth-order valence-corrected chi connectivity index (χ4v) is 4.87. The smallest absolute Gasteiger partial charge is 0.330 e.